The summed E-state index contributed by atoms with van der Waals surface area (Å²) in [6.45, 7) is 7.23. The number of nitrogens with zero attached hydrogens (tertiary/aromatic N) is 5. The average molecular weight is 505 g/mol. The van der Waals surface area contributed by atoms with Gasteiger partial charge in [-0.1, -0.05) is 17.7 Å². The van der Waals surface area contributed by atoms with Crippen LogP contribution in [0.15, 0.2) is 48.7 Å². The third-order valence-electron chi connectivity index (χ3n) is 7.04. The Morgan fingerprint density at radius 2 is 1.92 bits per heavy atom. The highest BCUT2D eigenvalue weighted by molar-refractivity contribution is 6.30. The molecule has 1 aromatic heterocycles. The van der Waals surface area contributed by atoms with Gasteiger partial charge in [-0.3, -0.25) is 9.69 Å². The Labute approximate surface area is 216 Å². The maximum Gasteiger partial charge on any atom is 0.259 e. The minimum absolute atomic E-state index is 0.275. The smallest absolute Gasteiger partial charge is 0.259 e. The Balaban J connectivity index is 1.26. The van der Waals surface area contributed by atoms with Gasteiger partial charge in [0.25, 0.3) is 5.91 Å². The number of aromatic nitrogens is 2. The third-order valence-corrected chi connectivity index (χ3v) is 7.28. The van der Waals surface area contributed by atoms with E-state index in [-0.39, 0.29) is 5.91 Å². The molecular weight excluding hydrogens is 476 g/mol. The molecule has 0 unspecified atom stereocenters. The lowest BCUT2D eigenvalue weighted by Gasteiger charge is -2.41. The lowest BCUT2D eigenvalue weighted by atomic mass is 10.1. The second kappa shape index (κ2) is 10.7. The van der Waals surface area contributed by atoms with Crippen LogP contribution in [0.1, 0.15) is 34.5 Å². The number of nitrogens with one attached hydrogen (secondary N) is 1. The van der Waals surface area contributed by atoms with Crippen molar-refractivity contribution in [1.82, 2.24) is 14.7 Å². The topological polar surface area (TPSA) is 86.4 Å². The van der Waals surface area contributed by atoms with E-state index in [9.17, 15) is 10.1 Å². The summed E-state index contributed by atoms with van der Waals surface area (Å²) in [6, 6.07) is 15.8. The van der Waals surface area contributed by atoms with E-state index >= 15 is 0 Å². The fourth-order valence-corrected chi connectivity index (χ4v) is 5.24. The first-order valence-corrected chi connectivity index (χ1v) is 12.6. The van der Waals surface area contributed by atoms with Crippen LogP contribution in [-0.4, -0.2) is 66.0 Å². The highest BCUT2D eigenvalue weighted by atomic mass is 35.5. The molecule has 2 aliphatic rings. The molecule has 9 heteroatoms. The highest BCUT2D eigenvalue weighted by Crippen LogP contribution is 2.27. The quantitative estimate of drug-likeness (QED) is 0.558. The van der Waals surface area contributed by atoms with Crippen LogP contribution in [0.3, 0.4) is 0 Å². The normalized spacial score (nSPS) is 17.1. The van der Waals surface area contributed by atoms with E-state index in [2.05, 4.69) is 26.3 Å². The van der Waals surface area contributed by atoms with Crippen molar-refractivity contribution >= 4 is 28.9 Å². The van der Waals surface area contributed by atoms with E-state index in [1.165, 1.54) is 0 Å². The van der Waals surface area contributed by atoms with Crippen LogP contribution in [0.25, 0.3) is 5.69 Å². The van der Waals surface area contributed by atoms with Gasteiger partial charge in [-0.25, -0.2) is 4.68 Å². The zero-order chi connectivity index (χ0) is 25.1. The maximum absolute atomic E-state index is 13.0. The zero-order valence-electron chi connectivity index (χ0n) is 20.3. The number of halogens is 1. The first-order valence-electron chi connectivity index (χ1n) is 12.3. The number of benzene rings is 2. The summed E-state index contributed by atoms with van der Waals surface area (Å²) in [7, 11) is 0. The molecule has 3 heterocycles. The lowest BCUT2D eigenvalue weighted by Crippen LogP contribution is -2.51. The molecule has 2 aliphatic heterocycles. The molecular formula is C27H29ClN6O2. The second-order valence-corrected chi connectivity index (χ2v) is 9.64. The van der Waals surface area contributed by atoms with Crippen LogP contribution in [0, 0.1) is 18.3 Å². The largest absolute Gasteiger partial charge is 0.381 e. The van der Waals surface area contributed by atoms with E-state index in [1.54, 1.807) is 29.1 Å². The standard InChI is InChI=1S/C27H29ClN6O2/c1-19-25(18-30-34(19)24-4-2-3-21(28)16-24)27(35)31-22-5-6-26(20(15-22)17-29)33-11-9-32(10-12-33)23-7-13-36-14-8-23/h2-6,15-16,18,23H,7-14H2,1H3,(H,31,35). The van der Waals surface area contributed by atoms with E-state index in [1.807, 2.05) is 31.2 Å². The molecule has 186 valence electrons. The molecule has 0 aliphatic carbocycles. The van der Waals surface area contributed by atoms with Crippen LogP contribution in [-0.2, 0) is 4.74 Å². The van der Waals surface area contributed by atoms with Gasteiger partial charge in [0, 0.05) is 56.1 Å². The van der Waals surface area contributed by atoms with Crippen molar-refractivity contribution in [2.75, 3.05) is 49.6 Å². The van der Waals surface area contributed by atoms with Gasteiger partial charge in [-0.15, -0.1) is 0 Å². The number of carbonyl (C=O) groups is 1. The summed E-state index contributed by atoms with van der Waals surface area (Å²) < 4.78 is 7.18. The first kappa shape index (κ1) is 24.3. The molecule has 3 aromatic rings. The van der Waals surface area contributed by atoms with Gasteiger partial charge in [0.2, 0.25) is 0 Å². The van der Waals surface area contributed by atoms with Crippen LogP contribution >= 0.6 is 11.6 Å². The number of carbonyl (C=O) groups excluding carboxylic acids is 1. The summed E-state index contributed by atoms with van der Waals surface area (Å²) in [5, 5.41) is 17.7. The van der Waals surface area contributed by atoms with Gasteiger partial charge in [0.1, 0.15) is 6.07 Å². The Morgan fingerprint density at radius 3 is 2.64 bits per heavy atom. The molecule has 0 radical (unpaired) electrons. The SMILES string of the molecule is Cc1c(C(=O)Nc2ccc(N3CCN(C4CCOCC4)CC3)c(C#N)c2)cnn1-c1cccc(Cl)c1. The molecule has 5 rings (SSSR count). The van der Waals surface area contributed by atoms with Gasteiger partial charge in [0.15, 0.2) is 0 Å². The van der Waals surface area contributed by atoms with Crippen LogP contribution in [0.2, 0.25) is 5.02 Å². The average Bonchev–Trinajstić information content (AvgIpc) is 3.30. The second-order valence-electron chi connectivity index (χ2n) is 9.20. The number of hydrogen-bond acceptors (Lipinski definition) is 6. The van der Waals surface area contributed by atoms with Crippen LogP contribution in [0.4, 0.5) is 11.4 Å². The molecule has 0 bridgehead atoms. The van der Waals surface area contributed by atoms with E-state index in [0.29, 0.717) is 33.6 Å². The first-order chi connectivity index (χ1) is 17.5. The number of rotatable bonds is 5. The van der Waals surface area contributed by atoms with E-state index in [4.69, 9.17) is 16.3 Å². The van der Waals surface area contributed by atoms with Gasteiger partial charge in [0.05, 0.1) is 34.4 Å². The Kier molecular flexibility index (Phi) is 7.23. The molecule has 0 spiro atoms. The molecule has 0 atom stereocenters. The molecule has 8 nitrogen and oxygen atoms in total. The Bertz CT molecular complexity index is 1290. The Morgan fingerprint density at radius 1 is 1.14 bits per heavy atom. The predicted octanol–water partition coefficient (Wildman–Crippen LogP) is 4.26. The van der Waals surface area contributed by atoms with Gasteiger partial charge in [-0.05, 0) is 56.2 Å². The summed E-state index contributed by atoms with van der Waals surface area (Å²) in [5.74, 6) is -0.275. The third kappa shape index (κ3) is 5.09. The van der Waals surface area contributed by atoms with E-state index in [0.717, 1.165) is 63.6 Å². The van der Waals surface area contributed by atoms with Crippen molar-refractivity contribution in [3.63, 3.8) is 0 Å². The van der Waals surface area contributed by atoms with Crippen molar-refractivity contribution in [2.24, 2.45) is 0 Å². The van der Waals surface area contributed by atoms with Gasteiger partial charge < -0.3 is 15.0 Å². The fraction of sp³-hybridized carbons (Fsp3) is 0.370. The summed E-state index contributed by atoms with van der Waals surface area (Å²) in [6.07, 6.45) is 3.73. The number of amides is 1. The number of anilines is 2. The predicted molar refractivity (Wildman–Crippen MR) is 140 cm³/mol. The molecule has 0 saturated carbocycles. The number of hydrogen-bond donors (Lipinski definition) is 1. The van der Waals surface area contributed by atoms with Crippen molar-refractivity contribution in [3.8, 4) is 11.8 Å². The maximum atomic E-state index is 13.0. The van der Waals surface area contributed by atoms with E-state index < -0.39 is 0 Å². The Hall–Kier alpha value is -3.38. The number of ether oxygens (including phenoxy) is 1. The molecule has 36 heavy (non-hydrogen) atoms. The van der Waals surface area contributed by atoms with Gasteiger partial charge >= 0.3 is 0 Å². The number of nitriles is 1. The monoisotopic (exact) mass is 504 g/mol. The molecule has 2 saturated heterocycles. The van der Waals surface area contributed by atoms with Crippen molar-refractivity contribution in [1.29, 1.82) is 5.26 Å². The van der Waals surface area contributed by atoms with Crippen LogP contribution < -0.4 is 10.2 Å². The van der Waals surface area contributed by atoms with Gasteiger partial charge in [-0.2, -0.15) is 10.4 Å². The minimum atomic E-state index is -0.275. The van der Waals surface area contributed by atoms with Crippen molar-refractivity contribution in [3.05, 3.63) is 70.5 Å². The summed E-state index contributed by atoms with van der Waals surface area (Å²) in [5.41, 5.74) is 3.99. The summed E-state index contributed by atoms with van der Waals surface area (Å²) in [4.78, 5) is 17.8. The molecule has 2 fully saturated rings. The van der Waals surface area contributed by atoms with Crippen LogP contribution in [0.5, 0.6) is 0 Å². The fourth-order valence-electron chi connectivity index (χ4n) is 5.06. The summed E-state index contributed by atoms with van der Waals surface area (Å²) >= 11 is 6.11. The minimum Gasteiger partial charge on any atom is -0.381 e. The number of piperazine rings is 1. The highest BCUT2D eigenvalue weighted by Gasteiger charge is 2.26. The molecule has 2 aromatic carbocycles. The molecule has 1 amide bonds. The van der Waals surface area contributed by atoms with Crippen molar-refractivity contribution in [2.45, 2.75) is 25.8 Å². The zero-order valence-corrected chi connectivity index (χ0v) is 21.0. The van der Waals surface area contributed by atoms with Crippen molar-refractivity contribution < 1.29 is 9.53 Å². The molecule has 1 N–H and O–H groups in total. The lowest BCUT2D eigenvalue weighted by molar-refractivity contribution is 0.0321.